The molecular weight excluding hydrogens is 316 g/mol. The lowest BCUT2D eigenvalue weighted by molar-refractivity contribution is 0.0788. The van der Waals surface area contributed by atoms with Crippen molar-refractivity contribution < 1.29 is 4.74 Å². The van der Waals surface area contributed by atoms with Gasteiger partial charge in [-0.05, 0) is 25.2 Å². The van der Waals surface area contributed by atoms with Crippen LogP contribution in [0, 0.1) is 5.92 Å². The maximum atomic E-state index is 6.19. The van der Waals surface area contributed by atoms with E-state index in [0.29, 0.717) is 35.6 Å². The number of hydrogen-bond donors (Lipinski definition) is 3. The Bertz CT molecular complexity index is 730. The second-order valence-corrected chi connectivity index (χ2v) is 7.53. The summed E-state index contributed by atoms with van der Waals surface area (Å²) in [6.07, 6.45) is 7.10. The van der Waals surface area contributed by atoms with Gasteiger partial charge in [-0.1, -0.05) is 20.8 Å². The molecular formula is C18H26N6O. The van der Waals surface area contributed by atoms with E-state index >= 15 is 0 Å². The molecule has 7 nitrogen and oxygen atoms in total. The first-order chi connectivity index (χ1) is 12.1. The Hall–Kier alpha value is -2.15. The smallest absolute Gasteiger partial charge is 0.234 e. The SMILES string of the molecule is CC(C)c1cc(Nc2cncc(O[C@H]3C[C@H]4CC[C@H](N4)[C@@H]3C)n2)n[nH]1. The Balaban J connectivity index is 1.44. The summed E-state index contributed by atoms with van der Waals surface area (Å²) in [7, 11) is 0. The van der Waals surface area contributed by atoms with Gasteiger partial charge in [-0.3, -0.25) is 10.1 Å². The van der Waals surface area contributed by atoms with E-state index in [1.165, 1.54) is 12.8 Å². The number of aromatic amines is 1. The number of rotatable bonds is 5. The van der Waals surface area contributed by atoms with E-state index in [-0.39, 0.29) is 6.10 Å². The fraction of sp³-hybridized carbons (Fsp3) is 0.611. The van der Waals surface area contributed by atoms with E-state index in [0.717, 1.165) is 17.9 Å². The molecule has 7 heteroatoms. The van der Waals surface area contributed by atoms with Gasteiger partial charge in [0.1, 0.15) is 6.10 Å². The molecule has 2 aromatic heterocycles. The Labute approximate surface area is 148 Å². The van der Waals surface area contributed by atoms with Crippen LogP contribution in [0.2, 0.25) is 0 Å². The van der Waals surface area contributed by atoms with Crippen LogP contribution < -0.4 is 15.4 Å². The van der Waals surface area contributed by atoms with Crippen LogP contribution in [0.15, 0.2) is 18.5 Å². The van der Waals surface area contributed by atoms with Crippen molar-refractivity contribution in [2.45, 2.75) is 64.1 Å². The molecule has 0 spiro atoms. The quantitative estimate of drug-likeness (QED) is 0.774. The number of anilines is 2. The largest absolute Gasteiger partial charge is 0.473 e. The van der Waals surface area contributed by atoms with Crippen LogP contribution in [0.1, 0.15) is 51.6 Å². The van der Waals surface area contributed by atoms with Crippen molar-refractivity contribution in [3.8, 4) is 5.88 Å². The normalized spacial score (nSPS) is 28.3. The summed E-state index contributed by atoms with van der Waals surface area (Å²) in [5, 5.41) is 14.2. The predicted molar refractivity (Wildman–Crippen MR) is 96.1 cm³/mol. The van der Waals surface area contributed by atoms with E-state index in [9.17, 15) is 0 Å². The average Bonchev–Trinajstić information content (AvgIpc) is 3.21. The number of H-pyrrole nitrogens is 1. The lowest BCUT2D eigenvalue weighted by atomic mass is 9.91. The molecule has 0 aliphatic carbocycles. The van der Waals surface area contributed by atoms with Crippen LogP contribution in [0.4, 0.5) is 11.6 Å². The molecule has 0 unspecified atom stereocenters. The summed E-state index contributed by atoms with van der Waals surface area (Å²) >= 11 is 0. The number of aromatic nitrogens is 4. The van der Waals surface area contributed by atoms with Gasteiger partial charge in [-0.2, -0.15) is 10.1 Å². The standard InChI is InChI=1S/C18H26N6O/c1-10(2)14-7-16(24-23-14)21-17-8-19-9-18(22-17)25-15-6-12-4-5-13(20-12)11(15)3/h7-13,15,20H,4-6H2,1-3H3,(H2,21,22,23,24)/t11-,12+,13-,15-/m0/s1. The van der Waals surface area contributed by atoms with Crippen LogP contribution in [-0.4, -0.2) is 38.4 Å². The first-order valence-corrected chi connectivity index (χ1v) is 9.15. The number of ether oxygens (including phenoxy) is 1. The molecule has 2 aliphatic rings. The fourth-order valence-electron chi connectivity index (χ4n) is 3.81. The third-order valence-electron chi connectivity index (χ3n) is 5.37. The molecule has 0 aromatic carbocycles. The molecule has 2 aromatic rings. The van der Waals surface area contributed by atoms with Crippen molar-refractivity contribution in [2.75, 3.05) is 5.32 Å². The molecule has 4 atom stereocenters. The third-order valence-corrected chi connectivity index (χ3v) is 5.37. The zero-order valence-electron chi connectivity index (χ0n) is 15.0. The van der Waals surface area contributed by atoms with Gasteiger partial charge in [-0.15, -0.1) is 0 Å². The minimum Gasteiger partial charge on any atom is -0.473 e. The lowest BCUT2D eigenvalue weighted by Crippen LogP contribution is -2.49. The second-order valence-electron chi connectivity index (χ2n) is 7.53. The first kappa shape index (κ1) is 16.3. The van der Waals surface area contributed by atoms with Crippen molar-refractivity contribution >= 4 is 11.6 Å². The van der Waals surface area contributed by atoms with Gasteiger partial charge < -0.3 is 15.4 Å². The molecule has 2 aliphatic heterocycles. The van der Waals surface area contributed by atoms with Crippen molar-refractivity contribution in [1.29, 1.82) is 0 Å². The van der Waals surface area contributed by atoms with E-state index in [1.807, 2.05) is 6.07 Å². The van der Waals surface area contributed by atoms with Crippen LogP contribution in [0.5, 0.6) is 5.88 Å². The highest BCUT2D eigenvalue weighted by Gasteiger charge is 2.40. The summed E-state index contributed by atoms with van der Waals surface area (Å²) in [6, 6.07) is 3.14. The molecule has 2 bridgehead atoms. The molecule has 25 heavy (non-hydrogen) atoms. The fourth-order valence-corrected chi connectivity index (χ4v) is 3.81. The average molecular weight is 342 g/mol. The summed E-state index contributed by atoms with van der Waals surface area (Å²) in [5.74, 6) is 2.84. The first-order valence-electron chi connectivity index (χ1n) is 9.15. The molecule has 4 heterocycles. The Morgan fingerprint density at radius 3 is 2.92 bits per heavy atom. The summed E-state index contributed by atoms with van der Waals surface area (Å²) in [4.78, 5) is 8.81. The zero-order valence-corrected chi connectivity index (χ0v) is 15.0. The molecule has 3 N–H and O–H groups in total. The highest BCUT2D eigenvalue weighted by atomic mass is 16.5. The van der Waals surface area contributed by atoms with E-state index in [4.69, 9.17) is 4.74 Å². The van der Waals surface area contributed by atoms with Crippen LogP contribution >= 0.6 is 0 Å². The summed E-state index contributed by atoms with van der Waals surface area (Å²) in [6.45, 7) is 6.51. The molecule has 0 amide bonds. The van der Waals surface area contributed by atoms with E-state index in [2.05, 4.69) is 51.6 Å². The van der Waals surface area contributed by atoms with Gasteiger partial charge in [0.25, 0.3) is 0 Å². The monoisotopic (exact) mass is 342 g/mol. The Morgan fingerprint density at radius 2 is 2.12 bits per heavy atom. The minimum atomic E-state index is 0.196. The molecule has 2 saturated heterocycles. The highest BCUT2D eigenvalue weighted by molar-refractivity contribution is 5.51. The number of piperidine rings is 1. The number of hydrogen-bond acceptors (Lipinski definition) is 6. The zero-order chi connectivity index (χ0) is 17.4. The van der Waals surface area contributed by atoms with Gasteiger partial charge in [0.05, 0.1) is 12.4 Å². The van der Waals surface area contributed by atoms with Crippen LogP contribution in [0.3, 0.4) is 0 Å². The Kier molecular flexibility index (Phi) is 4.33. The second kappa shape index (κ2) is 6.63. The lowest BCUT2D eigenvalue weighted by Gasteiger charge is -2.35. The van der Waals surface area contributed by atoms with Gasteiger partial charge in [0.2, 0.25) is 5.88 Å². The van der Waals surface area contributed by atoms with Gasteiger partial charge >= 0.3 is 0 Å². The van der Waals surface area contributed by atoms with Crippen LogP contribution in [-0.2, 0) is 0 Å². The molecule has 134 valence electrons. The van der Waals surface area contributed by atoms with Crippen molar-refractivity contribution in [3.05, 3.63) is 24.2 Å². The van der Waals surface area contributed by atoms with E-state index in [1.54, 1.807) is 12.4 Å². The third kappa shape index (κ3) is 3.46. The number of nitrogens with zero attached hydrogens (tertiary/aromatic N) is 3. The molecule has 0 saturated carbocycles. The van der Waals surface area contributed by atoms with Gasteiger partial charge in [0, 0.05) is 29.8 Å². The summed E-state index contributed by atoms with van der Waals surface area (Å²) < 4.78 is 6.19. The molecule has 0 radical (unpaired) electrons. The maximum Gasteiger partial charge on any atom is 0.234 e. The minimum absolute atomic E-state index is 0.196. The van der Waals surface area contributed by atoms with Crippen molar-refractivity contribution in [3.63, 3.8) is 0 Å². The maximum absolute atomic E-state index is 6.19. The predicted octanol–water partition coefficient (Wildman–Crippen LogP) is 2.97. The molecule has 2 fully saturated rings. The number of fused-ring (bicyclic) bond motifs is 2. The summed E-state index contributed by atoms with van der Waals surface area (Å²) in [5.41, 5.74) is 1.09. The van der Waals surface area contributed by atoms with Gasteiger partial charge in [0.15, 0.2) is 11.6 Å². The topological polar surface area (TPSA) is 87.8 Å². The van der Waals surface area contributed by atoms with Crippen molar-refractivity contribution in [2.24, 2.45) is 5.92 Å². The molecule has 4 rings (SSSR count). The van der Waals surface area contributed by atoms with Crippen LogP contribution in [0.25, 0.3) is 0 Å². The van der Waals surface area contributed by atoms with E-state index < -0.39 is 0 Å². The highest BCUT2D eigenvalue weighted by Crippen LogP contribution is 2.33. The van der Waals surface area contributed by atoms with Crippen molar-refractivity contribution in [1.82, 2.24) is 25.5 Å². The Morgan fingerprint density at radius 1 is 1.24 bits per heavy atom. The van der Waals surface area contributed by atoms with Gasteiger partial charge in [-0.25, -0.2) is 0 Å². The number of nitrogens with one attached hydrogen (secondary N) is 3.